The highest BCUT2D eigenvalue weighted by Gasteiger charge is 2.30. The van der Waals surface area contributed by atoms with Crippen LogP contribution in [0.2, 0.25) is 0 Å². The molecule has 2 N–H and O–H groups in total. The first-order valence-corrected chi connectivity index (χ1v) is 8.05. The van der Waals surface area contributed by atoms with Crippen LogP contribution in [0.5, 0.6) is 0 Å². The lowest BCUT2D eigenvalue weighted by atomic mass is 10.1. The summed E-state index contributed by atoms with van der Waals surface area (Å²) in [5, 5.41) is 10.0. The van der Waals surface area contributed by atoms with Crippen molar-refractivity contribution in [2.24, 2.45) is 4.99 Å². The van der Waals surface area contributed by atoms with Gasteiger partial charge in [-0.15, -0.1) is 24.0 Å². The lowest BCUT2D eigenvalue weighted by Crippen LogP contribution is -2.36. The Kier molecular flexibility index (Phi) is 8.89. The van der Waals surface area contributed by atoms with E-state index in [-0.39, 0.29) is 30.5 Å². The van der Waals surface area contributed by atoms with Crippen molar-refractivity contribution in [1.82, 2.24) is 15.8 Å². The van der Waals surface area contributed by atoms with Crippen molar-refractivity contribution < 1.29 is 17.7 Å². The highest BCUT2D eigenvalue weighted by atomic mass is 127. The molecule has 1 aromatic carbocycles. The molecule has 0 spiro atoms. The second-order valence-corrected chi connectivity index (χ2v) is 5.38. The number of aromatic nitrogens is 1. The van der Waals surface area contributed by atoms with Crippen LogP contribution in [0.1, 0.15) is 36.4 Å². The quantitative estimate of drug-likeness (QED) is 0.370. The average Bonchev–Trinajstić information content (AvgIpc) is 3.05. The molecule has 2 rings (SSSR count). The summed E-state index contributed by atoms with van der Waals surface area (Å²) in [6.45, 7) is 5.04. The molecular weight excluding hydrogens is 460 g/mol. The van der Waals surface area contributed by atoms with Crippen molar-refractivity contribution in [3.8, 4) is 0 Å². The maximum Gasteiger partial charge on any atom is 0.416 e. The first kappa shape index (κ1) is 22.3. The predicted octanol–water partition coefficient (Wildman–Crippen LogP) is 4.13. The van der Waals surface area contributed by atoms with Gasteiger partial charge in [0.05, 0.1) is 24.3 Å². The molecule has 0 aliphatic rings. The molecule has 9 heteroatoms. The van der Waals surface area contributed by atoms with E-state index in [1.54, 1.807) is 6.07 Å². The summed E-state index contributed by atoms with van der Waals surface area (Å²) in [5.74, 6) is 1.16. The van der Waals surface area contributed by atoms with Crippen molar-refractivity contribution in [3.05, 3.63) is 52.9 Å². The van der Waals surface area contributed by atoms with Gasteiger partial charge in [0.2, 0.25) is 0 Å². The number of alkyl halides is 3. The average molecular weight is 482 g/mol. The number of aryl methyl sites for hydroxylation is 1. The van der Waals surface area contributed by atoms with Crippen LogP contribution in [0.4, 0.5) is 13.2 Å². The maximum absolute atomic E-state index is 12.8. The van der Waals surface area contributed by atoms with Crippen molar-refractivity contribution in [1.29, 1.82) is 0 Å². The standard InChI is InChI=1S/C17H21F3N4O.HI/c1-3-14-9-15(25-24-14)11-23-16(21-4-2)22-10-12-6-5-7-13(8-12)17(18,19)20;/h5-9H,3-4,10-11H2,1-2H3,(H2,21,22,23);1H. The molecule has 0 radical (unpaired) electrons. The molecule has 144 valence electrons. The highest BCUT2D eigenvalue weighted by Crippen LogP contribution is 2.29. The molecule has 0 bridgehead atoms. The molecule has 0 atom stereocenters. The fourth-order valence-electron chi connectivity index (χ4n) is 2.13. The minimum absolute atomic E-state index is 0. The molecule has 1 heterocycles. The Morgan fingerprint density at radius 1 is 1.19 bits per heavy atom. The number of benzene rings is 1. The Bertz CT molecular complexity index is 716. The lowest BCUT2D eigenvalue weighted by molar-refractivity contribution is -0.137. The van der Waals surface area contributed by atoms with Gasteiger partial charge in [-0.25, -0.2) is 4.99 Å². The third-order valence-corrected chi connectivity index (χ3v) is 3.42. The van der Waals surface area contributed by atoms with Gasteiger partial charge in [0.25, 0.3) is 0 Å². The molecule has 0 amide bonds. The molecule has 0 saturated carbocycles. The third kappa shape index (κ3) is 6.85. The number of nitrogens with one attached hydrogen (secondary N) is 2. The van der Waals surface area contributed by atoms with Crippen LogP contribution >= 0.6 is 24.0 Å². The normalized spacial score (nSPS) is 11.8. The largest absolute Gasteiger partial charge is 0.416 e. The van der Waals surface area contributed by atoms with E-state index in [9.17, 15) is 13.2 Å². The molecule has 0 aliphatic carbocycles. The number of halogens is 4. The molecule has 5 nitrogen and oxygen atoms in total. The molecule has 2 aromatic rings. The Labute approximate surface area is 167 Å². The minimum atomic E-state index is -4.36. The van der Waals surface area contributed by atoms with Gasteiger partial charge in [0.15, 0.2) is 11.7 Å². The van der Waals surface area contributed by atoms with Crippen molar-refractivity contribution in [2.45, 2.75) is 39.5 Å². The monoisotopic (exact) mass is 482 g/mol. The predicted molar refractivity (Wildman–Crippen MR) is 104 cm³/mol. The third-order valence-electron chi connectivity index (χ3n) is 3.42. The summed E-state index contributed by atoms with van der Waals surface area (Å²) < 4.78 is 43.4. The van der Waals surface area contributed by atoms with Crippen LogP contribution in [-0.2, 0) is 25.7 Å². The van der Waals surface area contributed by atoms with Gasteiger partial charge in [0.1, 0.15) is 0 Å². The zero-order chi connectivity index (χ0) is 18.3. The van der Waals surface area contributed by atoms with E-state index in [2.05, 4.69) is 20.8 Å². The molecule has 0 saturated heterocycles. The Balaban J connectivity index is 0.00000338. The lowest BCUT2D eigenvalue weighted by Gasteiger charge is -2.11. The number of guanidine groups is 1. The fraction of sp³-hybridized carbons (Fsp3) is 0.412. The van der Waals surface area contributed by atoms with E-state index in [0.717, 1.165) is 24.2 Å². The molecular formula is C17H22F3IN4O. The van der Waals surface area contributed by atoms with E-state index in [0.29, 0.717) is 30.4 Å². The molecule has 1 aromatic heterocycles. The topological polar surface area (TPSA) is 62.5 Å². The SMILES string of the molecule is CCNC(=NCc1cccc(C(F)(F)F)c1)NCc1cc(CC)no1.I. The van der Waals surface area contributed by atoms with Crippen LogP contribution in [0, 0.1) is 0 Å². The summed E-state index contributed by atoms with van der Waals surface area (Å²) in [6, 6.07) is 7.01. The maximum atomic E-state index is 12.8. The highest BCUT2D eigenvalue weighted by molar-refractivity contribution is 14.0. The first-order chi connectivity index (χ1) is 11.9. The molecule has 26 heavy (non-hydrogen) atoms. The van der Waals surface area contributed by atoms with Gasteiger partial charge >= 0.3 is 6.18 Å². The van der Waals surface area contributed by atoms with Gasteiger partial charge in [-0.1, -0.05) is 24.2 Å². The molecule has 0 fully saturated rings. The van der Waals surface area contributed by atoms with Crippen molar-refractivity contribution >= 4 is 29.9 Å². The van der Waals surface area contributed by atoms with Crippen LogP contribution < -0.4 is 10.6 Å². The number of hydrogen-bond donors (Lipinski definition) is 2. The van der Waals surface area contributed by atoms with E-state index < -0.39 is 11.7 Å². The zero-order valence-corrected chi connectivity index (χ0v) is 16.9. The van der Waals surface area contributed by atoms with Crippen molar-refractivity contribution in [3.63, 3.8) is 0 Å². The summed E-state index contributed by atoms with van der Waals surface area (Å²) in [6.07, 6.45) is -3.57. The smallest absolute Gasteiger partial charge is 0.359 e. The summed E-state index contributed by atoms with van der Waals surface area (Å²) in [7, 11) is 0. The van der Waals surface area contributed by atoms with Gasteiger partial charge in [-0.05, 0) is 31.0 Å². The number of nitrogens with zero attached hydrogens (tertiary/aromatic N) is 2. The Morgan fingerprint density at radius 2 is 1.96 bits per heavy atom. The molecule has 0 aliphatic heterocycles. The van der Waals surface area contributed by atoms with Gasteiger partial charge in [-0.3, -0.25) is 0 Å². The summed E-state index contributed by atoms with van der Waals surface area (Å²) >= 11 is 0. The fourth-order valence-corrected chi connectivity index (χ4v) is 2.13. The zero-order valence-electron chi connectivity index (χ0n) is 14.6. The minimum Gasteiger partial charge on any atom is -0.359 e. The van der Waals surface area contributed by atoms with E-state index >= 15 is 0 Å². The second-order valence-electron chi connectivity index (χ2n) is 5.38. The molecule has 0 unspecified atom stereocenters. The van der Waals surface area contributed by atoms with Crippen molar-refractivity contribution in [2.75, 3.05) is 6.54 Å². The number of aliphatic imine (C=N–C) groups is 1. The van der Waals surface area contributed by atoms with Crippen LogP contribution in [0.15, 0.2) is 39.8 Å². The number of rotatable bonds is 6. The second kappa shape index (κ2) is 10.4. The number of hydrogen-bond acceptors (Lipinski definition) is 3. The van der Waals surface area contributed by atoms with E-state index in [1.807, 2.05) is 19.9 Å². The van der Waals surface area contributed by atoms with E-state index in [4.69, 9.17) is 4.52 Å². The Hall–Kier alpha value is -1.78. The Morgan fingerprint density at radius 3 is 2.58 bits per heavy atom. The van der Waals surface area contributed by atoms with Crippen LogP contribution in [-0.4, -0.2) is 17.7 Å². The van der Waals surface area contributed by atoms with E-state index in [1.165, 1.54) is 6.07 Å². The van der Waals surface area contributed by atoms with Crippen LogP contribution in [0.25, 0.3) is 0 Å². The summed E-state index contributed by atoms with van der Waals surface area (Å²) in [5.41, 5.74) is 0.676. The van der Waals surface area contributed by atoms with Gasteiger partial charge < -0.3 is 15.2 Å². The van der Waals surface area contributed by atoms with Gasteiger partial charge in [-0.2, -0.15) is 13.2 Å². The first-order valence-electron chi connectivity index (χ1n) is 8.05. The summed E-state index contributed by atoms with van der Waals surface area (Å²) in [4.78, 5) is 4.31. The van der Waals surface area contributed by atoms with Gasteiger partial charge in [0, 0.05) is 12.6 Å². The van der Waals surface area contributed by atoms with Crippen LogP contribution in [0.3, 0.4) is 0 Å².